The lowest BCUT2D eigenvalue weighted by molar-refractivity contribution is -0.221. The maximum absolute atomic E-state index is 10.1. The molecule has 47 heavy (non-hydrogen) atoms. The Kier molecular flexibility index (Phi) is 16.1. The Morgan fingerprint density at radius 2 is 1.53 bits per heavy atom. The Morgan fingerprint density at radius 3 is 2.09 bits per heavy atom. The molecule has 0 aromatic heterocycles. The van der Waals surface area contributed by atoms with Crippen molar-refractivity contribution < 1.29 is 23.7 Å². The van der Waals surface area contributed by atoms with Crippen LogP contribution in [-0.2, 0) is 18.6 Å². The van der Waals surface area contributed by atoms with E-state index in [1.165, 1.54) is 4.90 Å². The van der Waals surface area contributed by atoms with Crippen LogP contribution >= 0.6 is 11.8 Å². The molecule has 0 aliphatic carbocycles. The molecule has 270 valence electrons. The zero-order valence-corrected chi connectivity index (χ0v) is 33.7. The third-order valence-electron chi connectivity index (χ3n) is 11.6. The van der Waals surface area contributed by atoms with E-state index >= 15 is 0 Å². The lowest BCUT2D eigenvalue weighted by atomic mass is 9.76. The molecule has 2 aliphatic rings. The highest BCUT2D eigenvalue weighted by molar-refractivity contribution is 7.99. The zero-order valence-electron chi connectivity index (χ0n) is 31.9. The van der Waals surface area contributed by atoms with Crippen molar-refractivity contribution in [2.75, 3.05) is 6.61 Å². The van der Waals surface area contributed by atoms with Crippen molar-refractivity contribution in [3.8, 4) is 0 Å². The lowest BCUT2D eigenvalue weighted by Gasteiger charge is -2.55. The van der Waals surface area contributed by atoms with E-state index in [0.29, 0.717) is 34.9 Å². The van der Waals surface area contributed by atoms with Gasteiger partial charge >= 0.3 is 0 Å². The van der Waals surface area contributed by atoms with Gasteiger partial charge in [0.15, 0.2) is 0 Å². The highest BCUT2D eigenvalue weighted by Crippen LogP contribution is 2.49. The minimum absolute atomic E-state index is 0.0232. The first kappa shape index (κ1) is 40.8. The number of allylic oxidation sites excluding steroid dienone is 1. The number of hydrogen-bond acceptors (Lipinski definition) is 6. The topological polar surface area (TPSA) is 57.2 Å². The van der Waals surface area contributed by atoms with E-state index in [1.54, 1.807) is 11.8 Å². The average Bonchev–Trinajstić information content (AvgIpc) is 3.01. The first-order valence-corrected chi connectivity index (χ1v) is 21.9. The normalized spacial score (nSPS) is 32.7. The van der Waals surface area contributed by atoms with Gasteiger partial charge in [0.05, 0.1) is 30.0 Å². The van der Waals surface area contributed by atoms with E-state index in [1.807, 2.05) is 0 Å². The molecule has 1 aromatic carbocycles. The van der Waals surface area contributed by atoms with Crippen molar-refractivity contribution in [2.45, 2.75) is 185 Å². The van der Waals surface area contributed by atoms with Crippen LogP contribution in [0.1, 0.15) is 122 Å². The standard InChI is InChI=1S/C40H70O5SSi/c1-13-34-30(9)19-18-22-36(37(42-34)23-24-41)43-39(46-33-20-16-15-17-21-33)26-32(11)40(12)38(25-31(10)35(14-2)44-40)45-47(27(3)4,28(5)6)29(7)8/h15-18,20-22,27-32,34-39,41H,13-14,19,23-26H2,1-12H3/b22-18-/t30-,31+,32-,34+,35-,36+,37-,38+,39?,40+/m1/s1. The zero-order chi connectivity index (χ0) is 34.9. The van der Waals surface area contributed by atoms with Gasteiger partial charge in [-0.2, -0.15) is 0 Å². The number of rotatable bonds is 16. The molecule has 0 amide bonds. The van der Waals surface area contributed by atoms with Crippen LogP contribution < -0.4 is 0 Å². The Morgan fingerprint density at radius 1 is 0.915 bits per heavy atom. The molecule has 0 radical (unpaired) electrons. The molecule has 3 rings (SSSR count). The fourth-order valence-corrected chi connectivity index (χ4v) is 15.4. The first-order chi connectivity index (χ1) is 22.2. The molecule has 0 saturated carbocycles. The fourth-order valence-electron chi connectivity index (χ4n) is 8.59. The number of aliphatic hydroxyl groups excluding tert-OH is 1. The van der Waals surface area contributed by atoms with Gasteiger partial charge in [-0.3, -0.25) is 0 Å². The third-order valence-corrected chi connectivity index (χ3v) is 18.8. The van der Waals surface area contributed by atoms with Crippen LogP contribution in [0.4, 0.5) is 0 Å². The minimum Gasteiger partial charge on any atom is -0.410 e. The van der Waals surface area contributed by atoms with Crippen LogP contribution in [0.2, 0.25) is 16.6 Å². The molecule has 5 nitrogen and oxygen atoms in total. The van der Waals surface area contributed by atoms with Crippen molar-refractivity contribution in [1.82, 2.24) is 0 Å². The van der Waals surface area contributed by atoms with E-state index in [9.17, 15) is 5.11 Å². The SMILES string of the molecule is CC[C@@H]1O[C@H](CCO)[C@@H](OC(C[C@@H](C)[C@]2(C)O[C@H](CC)[C@@H](C)C[C@@H]2O[Si](C(C)C)(C(C)C)C(C)C)Sc2ccccc2)/C=C\C[C@H]1C. The molecule has 2 aliphatic heterocycles. The summed E-state index contributed by atoms with van der Waals surface area (Å²) < 4.78 is 28.7. The molecule has 0 spiro atoms. The molecule has 10 atom stereocenters. The lowest BCUT2D eigenvalue weighted by Crippen LogP contribution is -2.62. The molecular weight excluding hydrogens is 621 g/mol. The molecule has 1 fully saturated rings. The number of ether oxygens (including phenoxy) is 3. The van der Waals surface area contributed by atoms with Gasteiger partial charge in [0.1, 0.15) is 11.5 Å². The van der Waals surface area contributed by atoms with E-state index in [0.717, 1.165) is 32.1 Å². The smallest absolute Gasteiger partial charge is 0.200 e. The number of thioether (sulfide) groups is 1. The molecule has 0 bridgehead atoms. The molecule has 7 heteroatoms. The van der Waals surface area contributed by atoms with E-state index in [2.05, 4.69) is 126 Å². The summed E-state index contributed by atoms with van der Waals surface area (Å²) in [5, 5.41) is 10.1. The van der Waals surface area contributed by atoms with Gasteiger partial charge in [-0.25, -0.2) is 0 Å². The number of hydrogen-bond donors (Lipinski definition) is 1. The fraction of sp³-hybridized carbons (Fsp3) is 0.800. The second-order valence-electron chi connectivity index (χ2n) is 15.8. The molecule has 1 unspecified atom stereocenters. The second kappa shape index (κ2) is 18.5. The predicted octanol–water partition coefficient (Wildman–Crippen LogP) is 10.8. The van der Waals surface area contributed by atoms with Crippen LogP contribution in [0, 0.1) is 17.8 Å². The summed E-state index contributed by atoms with van der Waals surface area (Å²) in [6, 6.07) is 10.6. The molecule has 2 heterocycles. The van der Waals surface area contributed by atoms with E-state index in [4.69, 9.17) is 18.6 Å². The number of aliphatic hydroxyl groups is 1. The van der Waals surface area contributed by atoms with Gasteiger partial charge in [-0.15, -0.1) is 0 Å². The maximum atomic E-state index is 10.1. The van der Waals surface area contributed by atoms with Crippen molar-refractivity contribution >= 4 is 20.1 Å². The quantitative estimate of drug-likeness (QED) is 0.0806. The third kappa shape index (κ3) is 9.98. The summed E-state index contributed by atoms with van der Waals surface area (Å²) in [6.07, 6.45) is 9.70. The van der Waals surface area contributed by atoms with Crippen LogP contribution in [0.15, 0.2) is 47.4 Å². The monoisotopic (exact) mass is 690 g/mol. The molecule has 1 N–H and O–H groups in total. The first-order valence-electron chi connectivity index (χ1n) is 18.9. The van der Waals surface area contributed by atoms with Gasteiger partial charge in [0.2, 0.25) is 8.32 Å². The van der Waals surface area contributed by atoms with Gasteiger partial charge in [0.25, 0.3) is 0 Å². The van der Waals surface area contributed by atoms with Crippen LogP contribution in [0.5, 0.6) is 0 Å². The minimum atomic E-state index is -2.16. The van der Waals surface area contributed by atoms with Crippen LogP contribution in [0.25, 0.3) is 0 Å². The van der Waals surface area contributed by atoms with Crippen molar-refractivity contribution in [1.29, 1.82) is 0 Å². The highest BCUT2D eigenvalue weighted by Gasteiger charge is 2.54. The molecule has 1 saturated heterocycles. The van der Waals surface area contributed by atoms with Crippen LogP contribution in [0.3, 0.4) is 0 Å². The summed E-state index contributed by atoms with van der Waals surface area (Å²) in [7, 11) is -2.16. The van der Waals surface area contributed by atoms with Crippen molar-refractivity contribution in [3.63, 3.8) is 0 Å². The Balaban J connectivity index is 2.00. The largest absolute Gasteiger partial charge is 0.410 e. The summed E-state index contributed by atoms with van der Waals surface area (Å²) in [5.41, 5.74) is 0.941. The average molecular weight is 691 g/mol. The molecule has 1 aromatic rings. The Hall–Kier alpha value is -0.673. The summed E-state index contributed by atoms with van der Waals surface area (Å²) >= 11 is 1.79. The van der Waals surface area contributed by atoms with Crippen LogP contribution in [-0.4, -0.2) is 61.6 Å². The summed E-state index contributed by atoms with van der Waals surface area (Å²) in [6.45, 7) is 28.1. The van der Waals surface area contributed by atoms with Gasteiger partial charge in [0, 0.05) is 11.5 Å². The predicted molar refractivity (Wildman–Crippen MR) is 202 cm³/mol. The summed E-state index contributed by atoms with van der Waals surface area (Å²) in [5.74, 6) is 1.05. The van der Waals surface area contributed by atoms with Crippen molar-refractivity contribution in [3.05, 3.63) is 42.5 Å². The Labute approximate surface area is 294 Å². The Bertz CT molecular complexity index is 1040. The van der Waals surface area contributed by atoms with Gasteiger partial charge in [-0.1, -0.05) is 118 Å². The van der Waals surface area contributed by atoms with Gasteiger partial charge in [-0.05, 0) is 92.0 Å². The van der Waals surface area contributed by atoms with Crippen molar-refractivity contribution in [2.24, 2.45) is 17.8 Å². The van der Waals surface area contributed by atoms with E-state index < -0.39 is 13.9 Å². The number of benzene rings is 1. The maximum Gasteiger partial charge on any atom is 0.200 e. The highest BCUT2D eigenvalue weighted by atomic mass is 32.2. The summed E-state index contributed by atoms with van der Waals surface area (Å²) in [4.78, 5) is 1.19. The van der Waals surface area contributed by atoms with E-state index in [-0.39, 0.29) is 48.5 Å². The second-order valence-corrected chi connectivity index (χ2v) is 22.4. The van der Waals surface area contributed by atoms with Gasteiger partial charge < -0.3 is 23.7 Å². The molecular formula is C40H70O5SSi.